The monoisotopic (exact) mass is 283 g/mol. The summed E-state index contributed by atoms with van der Waals surface area (Å²) in [6.45, 7) is 1.19. The molecule has 0 aliphatic heterocycles. The number of methoxy groups -OCH3 is 2. The molecule has 0 aromatic heterocycles. The number of rotatable bonds is 11. The van der Waals surface area contributed by atoms with Gasteiger partial charge in [-0.3, -0.25) is 9.69 Å². The molecule has 0 saturated heterocycles. The van der Waals surface area contributed by atoms with Crippen LogP contribution in [0, 0.1) is 22.7 Å². The standard InChI is InChI=1S/C13H21N3O4/c1-19-11(3-6-14)9-16(8-5-13(17)18)10-12(20-2)4-7-15/h11-12H,3-5,8-10H2,1-2H3,(H,17,18). The summed E-state index contributed by atoms with van der Waals surface area (Å²) < 4.78 is 10.4. The van der Waals surface area contributed by atoms with Crippen LogP contribution >= 0.6 is 0 Å². The van der Waals surface area contributed by atoms with Gasteiger partial charge in [0.2, 0.25) is 0 Å². The zero-order valence-corrected chi connectivity index (χ0v) is 11.9. The van der Waals surface area contributed by atoms with Gasteiger partial charge in [-0.1, -0.05) is 0 Å². The molecule has 7 nitrogen and oxygen atoms in total. The first-order chi connectivity index (χ1) is 9.57. The lowest BCUT2D eigenvalue weighted by atomic mass is 10.2. The zero-order chi connectivity index (χ0) is 15.4. The van der Waals surface area contributed by atoms with E-state index in [1.165, 1.54) is 14.2 Å². The molecule has 0 aliphatic carbocycles. The van der Waals surface area contributed by atoms with E-state index in [2.05, 4.69) is 0 Å². The summed E-state index contributed by atoms with van der Waals surface area (Å²) in [6, 6.07) is 4.06. The highest BCUT2D eigenvalue weighted by Crippen LogP contribution is 2.06. The molecule has 0 amide bonds. The van der Waals surface area contributed by atoms with E-state index < -0.39 is 5.97 Å². The summed E-state index contributed by atoms with van der Waals surface area (Å²) in [5, 5.41) is 26.2. The fraction of sp³-hybridized carbons (Fsp3) is 0.769. The van der Waals surface area contributed by atoms with Crippen molar-refractivity contribution >= 4 is 5.97 Å². The minimum absolute atomic E-state index is 0.00796. The van der Waals surface area contributed by atoms with Crippen LogP contribution in [0.4, 0.5) is 0 Å². The van der Waals surface area contributed by atoms with Gasteiger partial charge in [-0.25, -0.2) is 0 Å². The van der Waals surface area contributed by atoms with Gasteiger partial charge in [-0.15, -0.1) is 0 Å². The van der Waals surface area contributed by atoms with Crippen molar-refractivity contribution in [1.29, 1.82) is 10.5 Å². The van der Waals surface area contributed by atoms with E-state index in [0.29, 0.717) is 19.6 Å². The average molecular weight is 283 g/mol. The zero-order valence-electron chi connectivity index (χ0n) is 11.9. The Hall–Kier alpha value is -1.67. The van der Waals surface area contributed by atoms with Gasteiger partial charge in [0.1, 0.15) is 0 Å². The Morgan fingerprint density at radius 2 is 1.60 bits per heavy atom. The molecular weight excluding hydrogens is 262 g/mol. The van der Waals surface area contributed by atoms with Crippen LogP contribution in [0.25, 0.3) is 0 Å². The number of carboxylic acids is 1. The van der Waals surface area contributed by atoms with Gasteiger partial charge >= 0.3 is 5.97 Å². The lowest BCUT2D eigenvalue weighted by Crippen LogP contribution is -2.40. The molecule has 20 heavy (non-hydrogen) atoms. The van der Waals surface area contributed by atoms with Crippen molar-refractivity contribution in [2.75, 3.05) is 33.9 Å². The van der Waals surface area contributed by atoms with Gasteiger partial charge < -0.3 is 14.6 Å². The Morgan fingerprint density at radius 1 is 1.15 bits per heavy atom. The number of nitriles is 2. The van der Waals surface area contributed by atoms with Crippen molar-refractivity contribution in [2.24, 2.45) is 0 Å². The van der Waals surface area contributed by atoms with E-state index in [4.69, 9.17) is 25.1 Å². The van der Waals surface area contributed by atoms with Crippen LogP contribution in [0.3, 0.4) is 0 Å². The maximum atomic E-state index is 10.7. The summed E-state index contributed by atoms with van der Waals surface area (Å²) in [4.78, 5) is 12.5. The highest BCUT2D eigenvalue weighted by molar-refractivity contribution is 5.66. The number of hydrogen-bond acceptors (Lipinski definition) is 6. The molecule has 2 atom stereocenters. The van der Waals surface area contributed by atoms with E-state index in [9.17, 15) is 4.79 Å². The number of ether oxygens (including phenoxy) is 2. The van der Waals surface area contributed by atoms with Crippen molar-refractivity contribution in [3.05, 3.63) is 0 Å². The molecule has 0 radical (unpaired) electrons. The normalized spacial score (nSPS) is 13.4. The van der Waals surface area contributed by atoms with E-state index in [-0.39, 0.29) is 31.5 Å². The van der Waals surface area contributed by atoms with Crippen molar-refractivity contribution in [1.82, 2.24) is 4.90 Å². The van der Waals surface area contributed by atoms with Gasteiger partial charge in [0, 0.05) is 33.9 Å². The smallest absolute Gasteiger partial charge is 0.304 e. The maximum Gasteiger partial charge on any atom is 0.304 e. The molecule has 0 heterocycles. The summed E-state index contributed by atoms with van der Waals surface area (Å²) in [5.41, 5.74) is 0. The molecule has 1 N–H and O–H groups in total. The number of carboxylic acid groups (broad SMARTS) is 1. The van der Waals surface area contributed by atoms with Crippen molar-refractivity contribution < 1.29 is 19.4 Å². The largest absolute Gasteiger partial charge is 0.481 e. The first-order valence-corrected chi connectivity index (χ1v) is 6.31. The Kier molecular flexibility index (Phi) is 10.2. The van der Waals surface area contributed by atoms with Crippen molar-refractivity contribution in [3.63, 3.8) is 0 Å². The van der Waals surface area contributed by atoms with Crippen LogP contribution < -0.4 is 0 Å². The molecule has 7 heteroatoms. The lowest BCUT2D eigenvalue weighted by Gasteiger charge is -2.28. The van der Waals surface area contributed by atoms with Crippen LogP contribution in [0.15, 0.2) is 0 Å². The molecule has 0 rings (SSSR count). The highest BCUT2D eigenvalue weighted by atomic mass is 16.5. The second kappa shape index (κ2) is 11.2. The van der Waals surface area contributed by atoms with Crippen LogP contribution in [-0.4, -0.2) is 62.0 Å². The topological polar surface area (TPSA) is 107 Å². The number of aliphatic carboxylic acids is 1. The third-order valence-electron chi connectivity index (χ3n) is 2.87. The fourth-order valence-electron chi connectivity index (χ4n) is 1.74. The lowest BCUT2D eigenvalue weighted by molar-refractivity contribution is -0.137. The van der Waals surface area contributed by atoms with Crippen molar-refractivity contribution in [2.45, 2.75) is 31.5 Å². The first kappa shape index (κ1) is 18.3. The quantitative estimate of drug-likeness (QED) is 0.592. The van der Waals surface area contributed by atoms with Gasteiger partial charge in [-0.2, -0.15) is 10.5 Å². The van der Waals surface area contributed by atoms with E-state index in [1.54, 1.807) is 0 Å². The molecule has 0 aromatic carbocycles. The molecule has 0 spiro atoms. The summed E-state index contributed by atoms with van der Waals surface area (Å²) >= 11 is 0. The summed E-state index contributed by atoms with van der Waals surface area (Å²) in [6.07, 6.45) is -0.112. The second-order valence-corrected chi connectivity index (χ2v) is 4.34. The van der Waals surface area contributed by atoms with Gasteiger partial charge in [0.25, 0.3) is 0 Å². The second-order valence-electron chi connectivity index (χ2n) is 4.34. The minimum Gasteiger partial charge on any atom is -0.481 e. The summed E-state index contributed by atoms with van der Waals surface area (Å²) in [7, 11) is 3.03. The SMILES string of the molecule is COC(CC#N)CN(CCC(=O)O)CC(CC#N)OC. The van der Waals surface area contributed by atoms with Gasteiger partial charge in [-0.05, 0) is 0 Å². The third-order valence-corrected chi connectivity index (χ3v) is 2.87. The third kappa shape index (κ3) is 8.44. The molecule has 0 fully saturated rings. The molecular formula is C13H21N3O4. The van der Waals surface area contributed by atoms with Crippen LogP contribution in [0.5, 0.6) is 0 Å². The number of nitrogens with zero attached hydrogens (tertiary/aromatic N) is 3. The predicted octanol–water partition coefficient (Wildman–Crippen LogP) is 0.620. The molecule has 0 saturated carbocycles. The Balaban J connectivity index is 4.57. The van der Waals surface area contributed by atoms with Gasteiger partial charge in [0.15, 0.2) is 0 Å². The van der Waals surface area contributed by atoms with E-state index >= 15 is 0 Å². The molecule has 112 valence electrons. The first-order valence-electron chi connectivity index (χ1n) is 6.31. The van der Waals surface area contributed by atoms with Crippen LogP contribution in [-0.2, 0) is 14.3 Å². The predicted molar refractivity (Wildman–Crippen MR) is 70.7 cm³/mol. The molecule has 0 bridgehead atoms. The Morgan fingerprint density at radius 3 is 1.90 bits per heavy atom. The van der Waals surface area contributed by atoms with Gasteiger partial charge in [0.05, 0.1) is 43.6 Å². The number of hydrogen-bond donors (Lipinski definition) is 1. The molecule has 0 aliphatic rings. The fourth-order valence-corrected chi connectivity index (χ4v) is 1.74. The maximum absolute atomic E-state index is 10.7. The van der Waals surface area contributed by atoms with Crippen LogP contribution in [0.1, 0.15) is 19.3 Å². The Bertz CT molecular complexity index is 336. The highest BCUT2D eigenvalue weighted by Gasteiger charge is 2.18. The number of carbonyl (C=O) groups is 1. The summed E-state index contributed by atoms with van der Waals surface area (Å²) in [5.74, 6) is -0.890. The molecule has 0 aromatic rings. The van der Waals surface area contributed by atoms with E-state index in [0.717, 1.165) is 0 Å². The van der Waals surface area contributed by atoms with E-state index in [1.807, 2.05) is 17.0 Å². The Labute approximate surface area is 119 Å². The molecule has 2 unspecified atom stereocenters. The average Bonchev–Trinajstić information content (AvgIpc) is 2.43. The minimum atomic E-state index is -0.890. The van der Waals surface area contributed by atoms with Crippen LogP contribution in [0.2, 0.25) is 0 Å². The van der Waals surface area contributed by atoms with Crippen molar-refractivity contribution in [3.8, 4) is 12.1 Å².